The second-order valence-electron chi connectivity index (χ2n) is 10.5. The summed E-state index contributed by atoms with van der Waals surface area (Å²) in [6.45, 7) is 2.58. The van der Waals surface area contributed by atoms with Gasteiger partial charge in [-0.15, -0.1) is 0 Å². The number of carboxylic acid groups (broad SMARTS) is 1. The van der Waals surface area contributed by atoms with Crippen LogP contribution in [0.1, 0.15) is 23.6 Å². The van der Waals surface area contributed by atoms with Crippen molar-refractivity contribution in [1.29, 1.82) is 0 Å². The van der Waals surface area contributed by atoms with Crippen LogP contribution < -0.4 is 20.9 Å². The van der Waals surface area contributed by atoms with E-state index in [4.69, 9.17) is 5.11 Å². The summed E-state index contributed by atoms with van der Waals surface area (Å²) in [6.07, 6.45) is 0. The fourth-order valence-corrected chi connectivity index (χ4v) is 6.28. The Morgan fingerprint density at radius 1 is 0.955 bits per heavy atom. The molecule has 0 aliphatic carbocycles. The molecule has 1 aliphatic rings. The van der Waals surface area contributed by atoms with Crippen LogP contribution in [0, 0.1) is 17.7 Å². The van der Waals surface area contributed by atoms with Crippen molar-refractivity contribution in [2.45, 2.75) is 19.5 Å². The number of halogens is 1. The van der Waals surface area contributed by atoms with Crippen LogP contribution in [0.5, 0.6) is 0 Å². The second kappa shape index (κ2) is 12.5. The molecule has 0 radical (unpaired) electrons. The number of anilines is 1. The lowest BCUT2D eigenvalue weighted by atomic mass is 10.1. The highest BCUT2D eigenvalue weighted by Crippen LogP contribution is 2.19. The van der Waals surface area contributed by atoms with Crippen molar-refractivity contribution in [2.75, 3.05) is 31.1 Å². The Morgan fingerprint density at radius 3 is 2.20 bits per heavy atom. The lowest BCUT2D eigenvalue weighted by Crippen LogP contribution is -2.54. The SMILES string of the molecule is C[C@@H](NS(=O)(=O)N1CCN(c2ccc(C#Cc3ccc4c(c3)c(=O)n(Cc3ccc(F)cc3)c(=O)n4C)cc2)CC1)C(=O)O. The van der Waals surface area contributed by atoms with Crippen LogP contribution in [0.2, 0.25) is 0 Å². The van der Waals surface area contributed by atoms with Gasteiger partial charge in [0, 0.05) is 50.0 Å². The highest BCUT2D eigenvalue weighted by molar-refractivity contribution is 7.87. The average molecular weight is 620 g/mol. The molecule has 0 amide bonds. The second-order valence-corrected chi connectivity index (χ2v) is 12.2. The van der Waals surface area contributed by atoms with Gasteiger partial charge in [0.2, 0.25) is 0 Å². The summed E-state index contributed by atoms with van der Waals surface area (Å²) in [5, 5.41) is 9.34. The van der Waals surface area contributed by atoms with Crippen molar-refractivity contribution in [3.05, 3.63) is 110 Å². The first-order valence-corrected chi connectivity index (χ1v) is 15.2. The molecule has 0 saturated carbocycles. The predicted molar refractivity (Wildman–Crippen MR) is 164 cm³/mol. The fraction of sp³-hybridized carbons (Fsp3) is 0.258. The fourth-order valence-electron chi connectivity index (χ4n) is 4.94. The molecule has 4 aromatic rings. The molecule has 0 bridgehead atoms. The predicted octanol–water partition coefficient (Wildman–Crippen LogP) is 1.72. The van der Waals surface area contributed by atoms with Gasteiger partial charge in [-0.25, -0.2) is 9.18 Å². The van der Waals surface area contributed by atoms with Gasteiger partial charge in [0.1, 0.15) is 11.9 Å². The zero-order chi connectivity index (χ0) is 31.6. The number of aromatic nitrogens is 2. The third kappa shape index (κ3) is 6.57. The van der Waals surface area contributed by atoms with E-state index in [0.717, 1.165) is 15.8 Å². The summed E-state index contributed by atoms with van der Waals surface area (Å²) in [5.74, 6) is 4.51. The maximum absolute atomic E-state index is 13.3. The number of rotatable bonds is 7. The van der Waals surface area contributed by atoms with Gasteiger partial charge >= 0.3 is 11.7 Å². The van der Waals surface area contributed by atoms with Crippen LogP contribution in [0.4, 0.5) is 10.1 Å². The van der Waals surface area contributed by atoms with Gasteiger partial charge in [-0.2, -0.15) is 17.4 Å². The molecule has 11 nitrogen and oxygen atoms in total. The Morgan fingerprint density at radius 2 is 1.57 bits per heavy atom. The van der Waals surface area contributed by atoms with Crippen LogP contribution in [0.15, 0.2) is 76.3 Å². The normalized spacial score (nSPS) is 14.7. The molecule has 3 aromatic carbocycles. The number of aliphatic carboxylic acids is 1. The Kier molecular flexibility index (Phi) is 8.68. The molecule has 44 heavy (non-hydrogen) atoms. The van der Waals surface area contributed by atoms with E-state index in [2.05, 4.69) is 16.6 Å². The van der Waals surface area contributed by atoms with Crippen molar-refractivity contribution < 1.29 is 22.7 Å². The van der Waals surface area contributed by atoms with Crippen molar-refractivity contribution in [1.82, 2.24) is 18.2 Å². The van der Waals surface area contributed by atoms with Gasteiger partial charge in [0.05, 0.1) is 17.4 Å². The van der Waals surface area contributed by atoms with Crippen molar-refractivity contribution in [3.63, 3.8) is 0 Å². The lowest BCUT2D eigenvalue weighted by Gasteiger charge is -2.35. The highest BCUT2D eigenvalue weighted by atomic mass is 32.2. The molecule has 1 aromatic heterocycles. The largest absolute Gasteiger partial charge is 0.480 e. The van der Waals surface area contributed by atoms with E-state index in [1.54, 1.807) is 25.2 Å². The van der Waals surface area contributed by atoms with Gasteiger partial charge in [0.25, 0.3) is 15.8 Å². The summed E-state index contributed by atoms with van der Waals surface area (Å²) < 4.78 is 44.2. The molecule has 1 aliphatic heterocycles. The number of piperazine rings is 1. The first-order valence-electron chi connectivity index (χ1n) is 13.8. The van der Waals surface area contributed by atoms with E-state index in [1.807, 2.05) is 29.2 Å². The van der Waals surface area contributed by atoms with Gasteiger partial charge < -0.3 is 10.0 Å². The van der Waals surface area contributed by atoms with E-state index in [1.165, 1.54) is 40.1 Å². The van der Waals surface area contributed by atoms with Crippen LogP contribution in [-0.2, 0) is 28.6 Å². The Bertz CT molecular complexity index is 2000. The molecule has 228 valence electrons. The molecular formula is C31H30FN5O6S. The number of hydrogen-bond acceptors (Lipinski definition) is 6. The van der Waals surface area contributed by atoms with Crippen LogP contribution in [-0.4, -0.2) is 65.2 Å². The number of benzene rings is 3. The molecule has 1 fully saturated rings. The number of fused-ring (bicyclic) bond motifs is 1. The smallest absolute Gasteiger partial charge is 0.331 e. The summed E-state index contributed by atoms with van der Waals surface area (Å²) in [4.78, 5) is 39.3. The third-order valence-electron chi connectivity index (χ3n) is 7.46. The monoisotopic (exact) mass is 619 g/mol. The number of carbonyl (C=O) groups is 1. The standard InChI is InChI=1S/C31H30FN5O6S/c1-21(30(39)40)33-44(42,43)36-17-15-35(16-18-36)26-12-7-22(8-13-26)3-4-23-9-14-28-27(19-23)29(38)37(31(41)34(28)2)20-24-5-10-25(32)11-6-24/h5-14,19,21,33H,15-18,20H2,1-2H3,(H,39,40)/t21-/m1/s1. The molecule has 1 atom stereocenters. The first kappa shape index (κ1) is 30.7. The zero-order valence-electron chi connectivity index (χ0n) is 24.0. The highest BCUT2D eigenvalue weighted by Gasteiger charge is 2.29. The molecule has 0 unspecified atom stereocenters. The van der Waals surface area contributed by atoms with Gasteiger partial charge in [0.15, 0.2) is 0 Å². The summed E-state index contributed by atoms with van der Waals surface area (Å²) in [7, 11) is -2.31. The van der Waals surface area contributed by atoms with E-state index < -0.39 is 39.3 Å². The summed E-state index contributed by atoms with van der Waals surface area (Å²) in [5.41, 5.74) is 2.39. The molecule has 1 saturated heterocycles. The molecular weight excluding hydrogens is 589 g/mol. The van der Waals surface area contributed by atoms with Crippen molar-refractivity contribution in [2.24, 2.45) is 7.05 Å². The van der Waals surface area contributed by atoms with Crippen molar-refractivity contribution in [3.8, 4) is 11.8 Å². The van der Waals surface area contributed by atoms with Crippen LogP contribution >= 0.6 is 0 Å². The lowest BCUT2D eigenvalue weighted by molar-refractivity contribution is -0.138. The third-order valence-corrected chi connectivity index (χ3v) is 9.16. The van der Waals surface area contributed by atoms with E-state index >= 15 is 0 Å². The zero-order valence-corrected chi connectivity index (χ0v) is 24.8. The van der Waals surface area contributed by atoms with Crippen molar-refractivity contribution >= 4 is 32.8 Å². The Balaban J connectivity index is 1.30. The number of hydrogen-bond donors (Lipinski definition) is 2. The summed E-state index contributed by atoms with van der Waals surface area (Å²) >= 11 is 0. The topological polar surface area (TPSA) is 134 Å². The Hall–Kier alpha value is -4.77. The Labute approximate surface area is 253 Å². The van der Waals surface area contributed by atoms with E-state index in [-0.39, 0.29) is 19.6 Å². The van der Waals surface area contributed by atoms with E-state index in [9.17, 15) is 27.2 Å². The quantitative estimate of drug-likeness (QED) is 0.301. The molecule has 0 spiro atoms. The minimum Gasteiger partial charge on any atom is -0.480 e. The van der Waals surface area contributed by atoms with Crippen LogP contribution in [0.3, 0.4) is 0 Å². The first-order chi connectivity index (χ1) is 20.9. The number of nitrogens with one attached hydrogen (secondary N) is 1. The maximum atomic E-state index is 13.3. The minimum atomic E-state index is -3.91. The number of aryl methyl sites for hydroxylation is 1. The average Bonchev–Trinajstić information content (AvgIpc) is 3.02. The molecule has 5 rings (SSSR count). The summed E-state index contributed by atoms with van der Waals surface area (Å²) in [6, 6.07) is 17.0. The van der Waals surface area contributed by atoms with E-state index in [0.29, 0.717) is 35.1 Å². The molecule has 13 heteroatoms. The maximum Gasteiger partial charge on any atom is 0.331 e. The van der Waals surface area contributed by atoms with Gasteiger partial charge in [-0.1, -0.05) is 24.0 Å². The number of carboxylic acids is 1. The minimum absolute atomic E-state index is 0.00958. The number of nitrogens with zero attached hydrogens (tertiary/aromatic N) is 4. The molecule has 2 N–H and O–H groups in total. The van der Waals surface area contributed by atoms with Crippen LogP contribution in [0.25, 0.3) is 10.9 Å². The van der Waals surface area contributed by atoms with Gasteiger partial charge in [-0.3, -0.25) is 18.7 Å². The molecule has 2 heterocycles. The van der Waals surface area contributed by atoms with Gasteiger partial charge in [-0.05, 0) is 67.1 Å².